The van der Waals surface area contributed by atoms with Crippen molar-refractivity contribution < 1.29 is 9.21 Å². The van der Waals surface area contributed by atoms with Gasteiger partial charge in [-0.1, -0.05) is 0 Å². The van der Waals surface area contributed by atoms with Crippen LogP contribution < -0.4 is 0 Å². The lowest BCUT2D eigenvalue weighted by atomic mass is 10.1. The predicted octanol–water partition coefficient (Wildman–Crippen LogP) is 2.14. The van der Waals surface area contributed by atoms with Crippen molar-refractivity contribution in [3.8, 4) is 0 Å². The van der Waals surface area contributed by atoms with Gasteiger partial charge in [0, 0.05) is 25.4 Å². The zero-order valence-corrected chi connectivity index (χ0v) is 9.43. The summed E-state index contributed by atoms with van der Waals surface area (Å²) in [6.45, 7) is 1.88. The highest BCUT2D eigenvalue weighted by Crippen LogP contribution is 2.13. The van der Waals surface area contributed by atoms with Crippen LogP contribution in [0.2, 0.25) is 0 Å². The van der Waals surface area contributed by atoms with Crippen LogP contribution in [-0.4, -0.2) is 15.6 Å². The number of hydrogen-bond acceptors (Lipinski definition) is 3. The number of furan rings is 1. The van der Waals surface area contributed by atoms with Gasteiger partial charge in [-0.15, -0.1) is 0 Å². The molecule has 0 aliphatic rings. The van der Waals surface area contributed by atoms with Crippen molar-refractivity contribution in [2.24, 2.45) is 7.05 Å². The maximum absolute atomic E-state index is 11.8. The zero-order chi connectivity index (χ0) is 11.5. The van der Waals surface area contributed by atoms with E-state index in [-0.39, 0.29) is 5.78 Å². The molecule has 2 heterocycles. The fourth-order valence-corrected chi connectivity index (χ4v) is 1.66. The van der Waals surface area contributed by atoms with Crippen molar-refractivity contribution in [2.75, 3.05) is 0 Å². The SMILES string of the molecule is Cc1ccoc1C(=O)CCc1ccnn1C. The van der Waals surface area contributed by atoms with Crippen molar-refractivity contribution >= 4 is 5.78 Å². The molecule has 0 aromatic carbocycles. The first kappa shape index (κ1) is 10.7. The maximum Gasteiger partial charge on any atom is 0.198 e. The van der Waals surface area contributed by atoms with Gasteiger partial charge in [-0.2, -0.15) is 5.10 Å². The Morgan fingerprint density at radius 2 is 2.31 bits per heavy atom. The monoisotopic (exact) mass is 218 g/mol. The zero-order valence-electron chi connectivity index (χ0n) is 9.43. The lowest BCUT2D eigenvalue weighted by Gasteiger charge is -2.00. The molecule has 2 aromatic heterocycles. The second-order valence-corrected chi connectivity index (χ2v) is 3.80. The smallest absolute Gasteiger partial charge is 0.198 e. The summed E-state index contributed by atoms with van der Waals surface area (Å²) in [4.78, 5) is 11.8. The highest BCUT2D eigenvalue weighted by Gasteiger charge is 2.13. The average molecular weight is 218 g/mol. The molecule has 2 aromatic rings. The van der Waals surface area contributed by atoms with Gasteiger partial charge in [0.2, 0.25) is 0 Å². The third-order valence-electron chi connectivity index (χ3n) is 2.65. The number of carbonyl (C=O) groups is 1. The molecule has 0 amide bonds. The molecule has 0 aliphatic carbocycles. The Kier molecular flexibility index (Phi) is 2.90. The lowest BCUT2D eigenvalue weighted by Crippen LogP contribution is -2.04. The number of Topliss-reactive ketones (excluding diaryl/α,β-unsaturated/α-hetero) is 1. The number of ketones is 1. The summed E-state index contributed by atoms with van der Waals surface area (Å²) >= 11 is 0. The number of rotatable bonds is 4. The van der Waals surface area contributed by atoms with E-state index in [1.54, 1.807) is 23.2 Å². The van der Waals surface area contributed by atoms with Crippen molar-refractivity contribution in [3.05, 3.63) is 41.6 Å². The molecule has 0 spiro atoms. The van der Waals surface area contributed by atoms with E-state index in [0.717, 1.165) is 11.3 Å². The van der Waals surface area contributed by atoms with Crippen LogP contribution in [0.25, 0.3) is 0 Å². The first-order valence-electron chi connectivity index (χ1n) is 5.22. The second kappa shape index (κ2) is 4.35. The summed E-state index contributed by atoms with van der Waals surface area (Å²) < 4.78 is 6.93. The fourth-order valence-electron chi connectivity index (χ4n) is 1.66. The number of aromatic nitrogens is 2. The summed E-state index contributed by atoms with van der Waals surface area (Å²) in [6.07, 6.45) is 4.42. The Bertz CT molecular complexity index is 497. The van der Waals surface area contributed by atoms with Gasteiger partial charge in [-0.25, -0.2) is 0 Å². The van der Waals surface area contributed by atoms with E-state index in [9.17, 15) is 4.79 Å². The molecule has 0 unspecified atom stereocenters. The van der Waals surface area contributed by atoms with E-state index in [4.69, 9.17) is 4.42 Å². The molecule has 0 saturated carbocycles. The first-order valence-corrected chi connectivity index (χ1v) is 5.22. The largest absolute Gasteiger partial charge is 0.461 e. The standard InChI is InChI=1S/C12H14N2O2/c1-9-6-8-16-12(9)11(15)4-3-10-5-7-13-14(10)2/h5-8H,3-4H2,1-2H3. The summed E-state index contributed by atoms with van der Waals surface area (Å²) in [6, 6.07) is 3.72. The minimum Gasteiger partial charge on any atom is -0.461 e. The van der Waals surface area contributed by atoms with E-state index in [1.807, 2.05) is 20.0 Å². The Balaban J connectivity index is 1.99. The van der Waals surface area contributed by atoms with Crippen LogP contribution in [0.4, 0.5) is 0 Å². The molecule has 4 heteroatoms. The minimum absolute atomic E-state index is 0.0451. The van der Waals surface area contributed by atoms with Crippen LogP contribution in [0.5, 0.6) is 0 Å². The maximum atomic E-state index is 11.8. The van der Waals surface area contributed by atoms with Crippen molar-refractivity contribution in [2.45, 2.75) is 19.8 Å². The third kappa shape index (κ3) is 2.05. The molecule has 2 rings (SSSR count). The highest BCUT2D eigenvalue weighted by molar-refractivity contribution is 5.94. The van der Waals surface area contributed by atoms with Crippen LogP contribution in [0.1, 0.15) is 28.2 Å². The van der Waals surface area contributed by atoms with Gasteiger partial charge in [0.1, 0.15) is 0 Å². The van der Waals surface area contributed by atoms with Gasteiger partial charge in [0.15, 0.2) is 11.5 Å². The number of hydrogen-bond donors (Lipinski definition) is 0. The van der Waals surface area contributed by atoms with E-state index < -0.39 is 0 Å². The highest BCUT2D eigenvalue weighted by atomic mass is 16.3. The van der Waals surface area contributed by atoms with Gasteiger partial charge < -0.3 is 4.42 Å². The molecule has 0 fully saturated rings. The third-order valence-corrected chi connectivity index (χ3v) is 2.65. The van der Waals surface area contributed by atoms with Crippen LogP contribution in [0.15, 0.2) is 29.0 Å². The molecule has 16 heavy (non-hydrogen) atoms. The molecule has 0 atom stereocenters. The first-order chi connectivity index (χ1) is 7.68. The quantitative estimate of drug-likeness (QED) is 0.739. The second-order valence-electron chi connectivity index (χ2n) is 3.80. The molecule has 0 bridgehead atoms. The Hall–Kier alpha value is -1.84. The summed E-state index contributed by atoms with van der Waals surface area (Å²) in [5, 5.41) is 4.06. The van der Waals surface area contributed by atoms with Gasteiger partial charge in [0.05, 0.1) is 6.26 Å². The molecule has 0 N–H and O–H groups in total. The van der Waals surface area contributed by atoms with Crippen molar-refractivity contribution in [1.29, 1.82) is 0 Å². The molecule has 4 nitrogen and oxygen atoms in total. The van der Waals surface area contributed by atoms with E-state index in [1.165, 1.54) is 0 Å². The summed E-state index contributed by atoms with van der Waals surface area (Å²) in [5.74, 6) is 0.519. The molecule has 0 radical (unpaired) electrons. The number of carbonyl (C=O) groups excluding carboxylic acids is 1. The Morgan fingerprint density at radius 1 is 1.50 bits per heavy atom. The van der Waals surface area contributed by atoms with Crippen molar-refractivity contribution in [3.63, 3.8) is 0 Å². The molecule has 0 saturated heterocycles. The Labute approximate surface area is 93.9 Å². The number of aryl methyl sites for hydroxylation is 3. The molecule has 0 aliphatic heterocycles. The normalized spacial score (nSPS) is 10.6. The van der Waals surface area contributed by atoms with E-state index in [2.05, 4.69) is 5.10 Å². The van der Waals surface area contributed by atoms with Crippen LogP contribution in [0, 0.1) is 6.92 Å². The van der Waals surface area contributed by atoms with Crippen LogP contribution in [0.3, 0.4) is 0 Å². The van der Waals surface area contributed by atoms with Gasteiger partial charge in [0.25, 0.3) is 0 Å². The minimum atomic E-state index is 0.0451. The lowest BCUT2D eigenvalue weighted by molar-refractivity contribution is 0.0954. The fraction of sp³-hybridized carbons (Fsp3) is 0.333. The summed E-state index contributed by atoms with van der Waals surface area (Å²) in [5.41, 5.74) is 1.95. The van der Waals surface area contributed by atoms with Gasteiger partial charge in [-0.3, -0.25) is 9.48 Å². The Morgan fingerprint density at radius 3 is 2.88 bits per heavy atom. The van der Waals surface area contributed by atoms with Crippen molar-refractivity contribution in [1.82, 2.24) is 9.78 Å². The summed E-state index contributed by atoms with van der Waals surface area (Å²) in [7, 11) is 1.87. The molecular weight excluding hydrogens is 204 g/mol. The van der Waals surface area contributed by atoms with E-state index in [0.29, 0.717) is 18.6 Å². The molecular formula is C12H14N2O2. The van der Waals surface area contributed by atoms with E-state index >= 15 is 0 Å². The van der Waals surface area contributed by atoms with Gasteiger partial charge >= 0.3 is 0 Å². The average Bonchev–Trinajstić information content (AvgIpc) is 2.84. The molecule has 84 valence electrons. The van der Waals surface area contributed by atoms with Crippen LogP contribution >= 0.6 is 0 Å². The predicted molar refractivity (Wildman–Crippen MR) is 59.3 cm³/mol. The van der Waals surface area contributed by atoms with Gasteiger partial charge in [-0.05, 0) is 31.0 Å². The van der Waals surface area contributed by atoms with Crippen LogP contribution in [-0.2, 0) is 13.5 Å². The topological polar surface area (TPSA) is 48.0 Å². The number of nitrogens with zero attached hydrogens (tertiary/aromatic N) is 2.